The van der Waals surface area contributed by atoms with Crippen molar-refractivity contribution in [1.29, 1.82) is 0 Å². The molecule has 0 spiro atoms. The molecule has 4 rings (SSSR count). The van der Waals surface area contributed by atoms with Crippen molar-refractivity contribution >= 4 is 11.4 Å². The van der Waals surface area contributed by atoms with Gasteiger partial charge in [-0.1, -0.05) is 60.7 Å². The molecule has 0 radical (unpaired) electrons. The van der Waals surface area contributed by atoms with Gasteiger partial charge in [-0.2, -0.15) is 0 Å². The minimum atomic E-state index is -1.09. The SMILES string of the molecule is O=[N+]([O-])c1ccc(O)cc1C(OC(c1ccccc1)c1cc(O)ccc1[N+](=O)[O-])c1ccccc1. The van der Waals surface area contributed by atoms with E-state index in [2.05, 4.69) is 0 Å². The van der Waals surface area contributed by atoms with Crippen LogP contribution in [-0.4, -0.2) is 20.1 Å². The van der Waals surface area contributed by atoms with Crippen molar-refractivity contribution < 1.29 is 24.8 Å². The van der Waals surface area contributed by atoms with Gasteiger partial charge in [-0.15, -0.1) is 0 Å². The Kier molecular flexibility index (Phi) is 6.70. The Bertz CT molecular complexity index is 1260. The molecule has 0 bridgehead atoms. The van der Waals surface area contributed by atoms with Gasteiger partial charge in [0.2, 0.25) is 0 Å². The molecule has 0 fully saturated rings. The minimum absolute atomic E-state index is 0.0740. The van der Waals surface area contributed by atoms with Crippen LogP contribution < -0.4 is 0 Å². The van der Waals surface area contributed by atoms with Crippen molar-refractivity contribution in [2.75, 3.05) is 0 Å². The lowest BCUT2D eigenvalue weighted by molar-refractivity contribution is -0.386. The molecular weight excluding hydrogens is 452 g/mol. The van der Waals surface area contributed by atoms with Crippen molar-refractivity contribution in [1.82, 2.24) is 0 Å². The van der Waals surface area contributed by atoms with E-state index in [1.165, 1.54) is 36.4 Å². The van der Waals surface area contributed by atoms with Gasteiger partial charge in [0, 0.05) is 12.1 Å². The average Bonchev–Trinajstić information content (AvgIpc) is 2.85. The van der Waals surface area contributed by atoms with Gasteiger partial charge in [0.1, 0.15) is 23.7 Å². The Morgan fingerprint density at radius 3 is 1.31 bits per heavy atom. The highest BCUT2D eigenvalue weighted by Gasteiger charge is 2.32. The maximum atomic E-state index is 11.8. The summed E-state index contributed by atoms with van der Waals surface area (Å²) in [6, 6.07) is 24.5. The van der Waals surface area contributed by atoms with Gasteiger partial charge in [-0.05, 0) is 35.4 Å². The van der Waals surface area contributed by atoms with Gasteiger partial charge in [0.05, 0.1) is 21.0 Å². The monoisotopic (exact) mass is 472 g/mol. The summed E-state index contributed by atoms with van der Waals surface area (Å²) in [5, 5.41) is 43.9. The number of benzene rings is 4. The highest BCUT2D eigenvalue weighted by Crippen LogP contribution is 2.43. The number of hydrogen-bond donors (Lipinski definition) is 2. The van der Waals surface area contributed by atoms with E-state index in [-0.39, 0.29) is 34.0 Å². The first-order valence-corrected chi connectivity index (χ1v) is 10.5. The van der Waals surface area contributed by atoms with E-state index in [4.69, 9.17) is 4.74 Å². The van der Waals surface area contributed by atoms with Gasteiger partial charge >= 0.3 is 0 Å². The molecule has 9 heteroatoms. The Hall–Kier alpha value is -4.76. The van der Waals surface area contributed by atoms with Crippen LogP contribution in [0.15, 0.2) is 97.1 Å². The number of nitro groups is 2. The summed E-state index contributed by atoms with van der Waals surface area (Å²) >= 11 is 0. The Balaban J connectivity index is 1.95. The van der Waals surface area contributed by atoms with Crippen LogP contribution in [0.1, 0.15) is 34.5 Å². The van der Waals surface area contributed by atoms with Crippen LogP contribution >= 0.6 is 0 Å². The highest BCUT2D eigenvalue weighted by atomic mass is 16.6. The topological polar surface area (TPSA) is 136 Å². The molecular formula is C26H20N2O7. The van der Waals surface area contributed by atoms with E-state index in [1.807, 2.05) is 0 Å². The summed E-state index contributed by atoms with van der Waals surface area (Å²) in [4.78, 5) is 22.5. The standard InChI is InChI=1S/C26H20N2O7/c29-19-11-13-23(27(31)32)21(15-19)25(17-7-3-1-4-8-17)35-26(18-9-5-2-6-10-18)22-16-20(30)12-14-24(22)28(33)34/h1-16,25-26,29-30H. The van der Waals surface area contributed by atoms with Crippen LogP contribution in [0.5, 0.6) is 11.5 Å². The molecule has 2 N–H and O–H groups in total. The predicted octanol–water partition coefficient (Wildman–Crippen LogP) is 5.81. The largest absolute Gasteiger partial charge is 0.508 e. The summed E-state index contributed by atoms with van der Waals surface area (Å²) in [5.41, 5.74) is 0.646. The van der Waals surface area contributed by atoms with Gasteiger partial charge in [-0.25, -0.2) is 0 Å². The number of hydrogen-bond acceptors (Lipinski definition) is 7. The molecule has 0 saturated heterocycles. The fraction of sp³-hybridized carbons (Fsp3) is 0.0769. The highest BCUT2D eigenvalue weighted by molar-refractivity contribution is 5.51. The van der Waals surface area contributed by atoms with Crippen molar-refractivity contribution in [3.8, 4) is 11.5 Å². The Morgan fingerprint density at radius 1 is 0.600 bits per heavy atom. The molecule has 0 aromatic heterocycles. The van der Waals surface area contributed by atoms with Crippen LogP contribution in [-0.2, 0) is 4.74 Å². The fourth-order valence-corrected chi connectivity index (χ4v) is 3.89. The second-order valence-corrected chi connectivity index (χ2v) is 7.72. The molecule has 35 heavy (non-hydrogen) atoms. The minimum Gasteiger partial charge on any atom is -0.508 e. The van der Waals surface area contributed by atoms with Gasteiger partial charge in [0.15, 0.2) is 0 Å². The quantitative estimate of drug-likeness (QED) is 0.244. The molecule has 2 atom stereocenters. The summed E-state index contributed by atoms with van der Waals surface area (Å²) in [5.74, 6) is -0.399. The first kappa shape index (κ1) is 23.4. The third kappa shape index (κ3) is 5.10. The van der Waals surface area contributed by atoms with E-state index in [0.717, 1.165) is 0 Å². The number of phenolic OH excluding ortho intramolecular Hbond substituents is 2. The van der Waals surface area contributed by atoms with Crippen LogP contribution in [0.4, 0.5) is 11.4 Å². The molecule has 0 aliphatic carbocycles. The zero-order valence-corrected chi connectivity index (χ0v) is 18.2. The fourth-order valence-electron chi connectivity index (χ4n) is 3.89. The summed E-state index contributed by atoms with van der Waals surface area (Å²) < 4.78 is 6.46. The number of ether oxygens (including phenoxy) is 1. The van der Waals surface area contributed by atoms with Crippen LogP contribution in [0.25, 0.3) is 0 Å². The number of phenols is 2. The first-order valence-electron chi connectivity index (χ1n) is 10.5. The van der Waals surface area contributed by atoms with Crippen molar-refractivity contribution in [3.05, 3.63) is 140 Å². The van der Waals surface area contributed by atoms with E-state index < -0.39 is 22.1 Å². The first-order chi connectivity index (χ1) is 16.8. The molecule has 9 nitrogen and oxygen atoms in total. The molecule has 0 amide bonds. The number of nitrogens with zero attached hydrogens (tertiary/aromatic N) is 2. The van der Waals surface area contributed by atoms with Gasteiger partial charge < -0.3 is 14.9 Å². The third-order valence-electron chi connectivity index (χ3n) is 5.46. The molecule has 0 heterocycles. The molecule has 4 aromatic rings. The zero-order chi connectivity index (χ0) is 24.9. The smallest absolute Gasteiger partial charge is 0.275 e. The molecule has 4 aromatic carbocycles. The normalized spacial score (nSPS) is 12.6. The number of aromatic hydroxyl groups is 2. The van der Waals surface area contributed by atoms with Crippen LogP contribution in [0, 0.1) is 20.2 Å². The zero-order valence-electron chi connectivity index (χ0n) is 18.2. The summed E-state index contributed by atoms with van der Waals surface area (Å²) in [6.45, 7) is 0. The van der Waals surface area contributed by atoms with Crippen molar-refractivity contribution in [2.24, 2.45) is 0 Å². The van der Waals surface area contributed by atoms with E-state index >= 15 is 0 Å². The van der Waals surface area contributed by atoms with Crippen LogP contribution in [0.3, 0.4) is 0 Å². The molecule has 0 saturated carbocycles. The maximum Gasteiger partial charge on any atom is 0.275 e. The molecule has 2 unspecified atom stereocenters. The third-order valence-corrected chi connectivity index (χ3v) is 5.46. The van der Waals surface area contributed by atoms with Crippen molar-refractivity contribution in [2.45, 2.75) is 12.2 Å². The van der Waals surface area contributed by atoms with E-state index in [9.17, 15) is 30.4 Å². The average molecular weight is 472 g/mol. The molecule has 0 aliphatic rings. The summed E-state index contributed by atoms with van der Waals surface area (Å²) in [6.07, 6.45) is -2.17. The van der Waals surface area contributed by atoms with Gasteiger partial charge in [0.25, 0.3) is 11.4 Å². The van der Waals surface area contributed by atoms with E-state index in [0.29, 0.717) is 11.1 Å². The van der Waals surface area contributed by atoms with Crippen molar-refractivity contribution in [3.63, 3.8) is 0 Å². The maximum absolute atomic E-state index is 11.8. The van der Waals surface area contributed by atoms with Gasteiger partial charge in [-0.3, -0.25) is 20.2 Å². The lowest BCUT2D eigenvalue weighted by Crippen LogP contribution is -2.15. The number of nitro benzene ring substituents is 2. The molecule has 0 aliphatic heterocycles. The lowest BCUT2D eigenvalue weighted by atomic mass is 9.96. The Labute approximate surface area is 199 Å². The summed E-state index contributed by atoms with van der Waals surface area (Å²) in [7, 11) is 0. The van der Waals surface area contributed by atoms with E-state index in [1.54, 1.807) is 60.7 Å². The van der Waals surface area contributed by atoms with Crippen LogP contribution in [0.2, 0.25) is 0 Å². The number of rotatable bonds is 8. The second-order valence-electron chi connectivity index (χ2n) is 7.72. The predicted molar refractivity (Wildman–Crippen MR) is 127 cm³/mol. The lowest BCUT2D eigenvalue weighted by Gasteiger charge is -2.26. The second kappa shape index (κ2) is 10.0. The molecule has 176 valence electrons. The Morgan fingerprint density at radius 2 is 0.971 bits per heavy atom.